The zero-order valence-corrected chi connectivity index (χ0v) is 19.5. The Bertz CT molecular complexity index is 1130. The first-order valence-corrected chi connectivity index (χ1v) is 11.9. The van der Waals surface area contributed by atoms with Gasteiger partial charge in [0.25, 0.3) is 0 Å². The molecule has 0 bridgehead atoms. The Morgan fingerprint density at radius 2 is 1.84 bits per heavy atom. The maximum atomic E-state index is 13.5. The van der Waals surface area contributed by atoms with E-state index in [0.717, 1.165) is 0 Å². The van der Waals surface area contributed by atoms with Crippen LogP contribution in [0.2, 0.25) is 0 Å². The van der Waals surface area contributed by atoms with Gasteiger partial charge in [0.15, 0.2) is 0 Å². The molecule has 1 saturated heterocycles. The Morgan fingerprint density at radius 1 is 1.19 bits per heavy atom. The molecule has 10 heteroatoms. The molecule has 1 fully saturated rings. The van der Waals surface area contributed by atoms with Crippen LogP contribution in [0.25, 0.3) is 0 Å². The molecule has 0 aliphatic carbocycles. The number of halogens is 1. The zero-order chi connectivity index (χ0) is 23.6. The van der Waals surface area contributed by atoms with Gasteiger partial charge in [0.2, 0.25) is 15.9 Å². The SMILES string of the molecule is CCOC(=O)c1c(S(=O)(=O)N2CCC(C(=O)Nc3cccc(F)c3)CC2)c(C)n(C)c1C. The standard InChI is InChI=1S/C22H28FN3O5S/c1-5-31-22(28)19-14(2)25(4)15(3)20(19)32(29,30)26-11-9-16(10-12-26)21(27)24-18-8-6-7-17(23)13-18/h6-8,13,16H,5,9-12H2,1-4H3,(H,24,27). The van der Waals surface area contributed by atoms with E-state index in [1.54, 1.807) is 38.5 Å². The zero-order valence-electron chi connectivity index (χ0n) is 18.6. The van der Waals surface area contributed by atoms with Gasteiger partial charge in [0.1, 0.15) is 16.3 Å². The molecule has 1 aliphatic rings. The minimum atomic E-state index is -3.97. The molecule has 1 aromatic carbocycles. The van der Waals surface area contributed by atoms with E-state index in [-0.39, 0.29) is 36.1 Å². The second-order valence-electron chi connectivity index (χ2n) is 7.83. The summed E-state index contributed by atoms with van der Waals surface area (Å²) < 4.78 is 48.4. The molecule has 1 aromatic heterocycles. The normalized spacial score (nSPS) is 15.5. The van der Waals surface area contributed by atoms with E-state index >= 15 is 0 Å². The Morgan fingerprint density at radius 3 is 2.44 bits per heavy atom. The van der Waals surface area contributed by atoms with Crippen LogP contribution in [0.15, 0.2) is 29.2 Å². The summed E-state index contributed by atoms with van der Waals surface area (Å²) in [7, 11) is -2.27. The highest BCUT2D eigenvalue weighted by molar-refractivity contribution is 7.89. The molecule has 1 amide bonds. The molecule has 0 spiro atoms. The number of carbonyl (C=O) groups is 2. The number of nitrogens with one attached hydrogen (secondary N) is 1. The van der Waals surface area contributed by atoms with Crippen LogP contribution in [-0.2, 0) is 26.6 Å². The number of piperidine rings is 1. The summed E-state index contributed by atoms with van der Waals surface area (Å²) >= 11 is 0. The lowest BCUT2D eigenvalue weighted by Crippen LogP contribution is -2.41. The van der Waals surface area contributed by atoms with E-state index in [4.69, 9.17) is 4.74 Å². The minimum Gasteiger partial charge on any atom is -0.462 e. The molecule has 8 nitrogen and oxygen atoms in total. The van der Waals surface area contributed by atoms with Crippen LogP contribution in [0.3, 0.4) is 0 Å². The first kappa shape index (κ1) is 23.9. The minimum absolute atomic E-state index is 0.0430. The van der Waals surface area contributed by atoms with Crippen LogP contribution >= 0.6 is 0 Å². The first-order valence-electron chi connectivity index (χ1n) is 10.5. The molecule has 0 radical (unpaired) electrons. The highest BCUT2D eigenvalue weighted by atomic mass is 32.2. The molecule has 2 heterocycles. The fourth-order valence-corrected chi connectivity index (χ4v) is 5.92. The molecular formula is C22H28FN3O5S. The van der Waals surface area contributed by atoms with Crippen molar-refractivity contribution >= 4 is 27.6 Å². The highest BCUT2D eigenvalue weighted by Crippen LogP contribution is 2.32. The highest BCUT2D eigenvalue weighted by Gasteiger charge is 2.38. The molecular weight excluding hydrogens is 437 g/mol. The lowest BCUT2D eigenvalue weighted by atomic mass is 9.97. The Kier molecular flexibility index (Phi) is 7.04. The second kappa shape index (κ2) is 9.41. The number of amides is 1. The van der Waals surface area contributed by atoms with E-state index < -0.39 is 27.7 Å². The Balaban J connectivity index is 1.77. The van der Waals surface area contributed by atoms with Crippen LogP contribution in [0.1, 0.15) is 41.5 Å². The Labute approximate surface area is 187 Å². The van der Waals surface area contributed by atoms with Crippen molar-refractivity contribution in [1.29, 1.82) is 0 Å². The van der Waals surface area contributed by atoms with Crippen molar-refractivity contribution in [3.05, 3.63) is 47.0 Å². The molecule has 32 heavy (non-hydrogen) atoms. The van der Waals surface area contributed by atoms with E-state index in [1.807, 2.05) is 0 Å². The predicted octanol–water partition coefficient (Wildman–Crippen LogP) is 3.00. The number of hydrogen-bond acceptors (Lipinski definition) is 5. The smallest absolute Gasteiger partial charge is 0.341 e. The number of aromatic nitrogens is 1. The van der Waals surface area contributed by atoms with Crippen molar-refractivity contribution in [3.8, 4) is 0 Å². The maximum absolute atomic E-state index is 13.5. The molecule has 3 rings (SSSR count). The van der Waals surface area contributed by atoms with E-state index in [1.165, 1.54) is 22.5 Å². The van der Waals surface area contributed by atoms with Gasteiger partial charge in [-0.15, -0.1) is 0 Å². The van der Waals surface area contributed by atoms with Gasteiger partial charge in [-0.3, -0.25) is 4.79 Å². The third-order valence-electron chi connectivity index (χ3n) is 5.92. The third kappa shape index (κ3) is 4.56. The number of sulfonamides is 1. The van der Waals surface area contributed by atoms with E-state index in [0.29, 0.717) is 29.9 Å². The number of benzene rings is 1. The summed E-state index contributed by atoms with van der Waals surface area (Å²) in [5.74, 6) is -1.79. The fourth-order valence-electron chi connectivity index (χ4n) is 3.97. The fraction of sp³-hybridized carbons (Fsp3) is 0.455. The molecule has 1 aliphatic heterocycles. The summed E-state index contributed by atoms with van der Waals surface area (Å²) in [5.41, 5.74) is 1.39. The summed E-state index contributed by atoms with van der Waals surface area (Å²) in [5, 5.41) is 2.68. The number of rotatable bonds is 6. The summed E-state index contributed by atoms with van der Waals surface area (Å²) in [6.07, 6.45) is 0.639. The summed E-state index contributed by atoms with van der Waals surface area (Å²) in [6, 6.07) is 5.62. The van der Waals surface area contributed by atoms with Crippen molar-refractivity contribution in [1.82, 2.24) is 8.87 Å². The predicted molar refractivity (Wildman–Crippen MR) is 117 cm³/mol. The maximum Gasteiger partial charge on any atom is 0.341 e. The number of anilines is 1. The lowest BCUT2D eigenvalue weighted by molar-refractivity contribution is -0.120. The number of carbonyl (C=O) groups excluding carboxylic acids is 2. The number of nitrogens with zero attached hydrogens (tertiary/aromatic N) is 2. The summed E-state index contributed by atoms with van der Waals surface area (Å²) in [4.78, 5) is 25.0. The van der Waals surface area contributed by atoms with Gasteiger partial charge in [-0.05, 0) is 51.8 Å². The van der Waals surface area contributed by atoms with Gasteiger partial charge >= 0.3 is 5.97 Å². The quantitative estimate of drug-likeness (QED) is 0.662. The van der Waals surface area contributed by atoms with Crippen LogP contribution < -0.4 is 5.32 Å². The number of hydrogen-bond donors (Lipinski definition) is 1. The second-order valence-corrected chi connectivity index (χ2v) is 9.71. The largest absolute Gasteiger partial charge is 0.462 e. The molecule has 0 unspecified atom stereocenters. The Hall–Kier alpha value is -2.72. The molecule has 174 valence electrons. The van der Waals surface area contributed by atoms with Crippen molar-refractivity contribution in [2.75, 3.05) is 25.0 Å². The monoisotopic (exact) mass is 465 g/mol. The molecule has 2 aromatic rings. The lowest BCUT2D eigenvalue weighted by Gasteiger charge is -2.30. The van der Waals surface area contributed by atoms with Gasteiger partial charge in [0, 0.05) is 43.1 Å². The van der Waals surface area contributed by atoms with Crippen LogP contribution in [0, 0.1) is 25.6 Å². The summed E-state index contributed by atoms with van der Waals surface area (Å²) in [6.45, 7) is 5.41. The van der Waals surface area contributed by atoms with Crippen molar-refractivity contribution in [2.24, 2.45) is 13.0 Å². The van der Waals surface area contributed by atoms with Crippen LogP contribution in [-0.4, -0.2) is 48.9 Å². The van der Waals surface area contributed by atoms with Gasteiger partial charge in [-0.1, -0.05) is 6.07 Å². The molecule has 0 atom stereocenters. The third-order valence-corrected chi connectivity index (χ3v) is 7.98. The molecule has 1 N–H and O–H groups in total. The number of ether oxygens (including phenoxy) is 1. The molecule has 0 saturated carbocycles. The van der Waals surface area contributed by atoms with Gasteiger partial charge in [0.05, 0.1) is 6.61 Å². The van der Waals surface area contributed by atoms with Gasteiger partial charge in [-0.25, -0.2) is 17.6 Å². The van der Waals surface area contributed by atoms with Crippen molar-refractivity contribution in [2.45, 2.75) is 38.5 Å². The van der Waals surface area contributed by atoms with E-state index in [9.17, 15) is 22.4 Å². The average Bonchev–Trinajstić information content (AvgIpc) is 2.98. The van der Waals surface area contributed by atoms with Gasteiger partial charge < -0.3 is 14.6 Å². The topological polar surface area (TPSA) is 97.7 Å². The van der Waals surface area contributed by atoms with Crippen LogP contribution in [0.4, 0.5) is 10.1 Å². The van der Waals surface area contributed by atoms with Crippen molar-refractivity contribution in [3.63, 3.8) is 0 Å². The number of esters is 1. The average molecular weight is 466 g/mol. The van der Waals surface area contributed by atoms with Crippen molar-refractivity contribution < 1.29 is 27.1 Å². The first-order chi connectivity index (χ1) is 15.1. The van der Waals surface area contributed by atoms with Crippen LogP contribution in [0.5, 0.6) is 0 Å². The van der Waals surface area contributed by atoms with Gasteiger partial charge in [-0.2, -0.15) is 4.31 Å². The van der Waals surface area contributed by atoms with E-state index in [2.05, 4.69) is 5.32 Å².